The number of nitrogens with zero attached hydrogens (tertiary/aromatic N) is 1. The predicted octanol–water partition coefficient (Wildman–Crippen LogP) is 0.878. The second-order valence-corrected chi connectivity index (χ2v) is 4.13. The van der Waals surface area contributed by atoms with Gasteiger partial charge in [0.2, 0.25) is 0 Å². The number of ether oxygens (including phenoxy) is 1. The predicted molar refractivity (Wildman–Crippen MR) is 65.9 cm³/mol. The molecule has 1 amide bonds. The van der Waals surface area contributed by atoms with Crippen molar-refractivity contribution in [3.8, 4) is 0 Å². The Hall–Kier alpha value is -1.39. The molecule has 17 heavy (non-hydrogen) atoms. The lowest BCUT2D eigenvalue weighted by Crippen LogP contribution is -2.40. The zero-order chi connectivity index (χ0) is 12.1. The molecule has 0 unspecified atom stereocenters. The molecule has 4 nitrogen and oxygen atoms in total. The number of rotatable bonds is 3. The number of carbonyl (C=O) groups is 1. The van der Waals surface area contributed by atoms with Crippen LogP contribution >= 0.6 is 0 Å². The molecule has 0 saturated carbocycles. The smallest absolute Gasteiger partial charge is 0.254 e. The molecule has 2 rings (SSSR count). The highest BCUT2D eigenvalue weighted by molar-refractivity contribution is 5.94. The van der Waals surface area contributed by atoms with E-state index < -0.39 is 0 Å². The lowest BCUT2D eigenvalue weighted by atomic mass is 10.1. The van der Waals surface area contributed by atoms with Crippen molar-refractivity contribution in [2.24, 2.45) is 0 Å². The van der Waals surface area contributed by atoms with Crippen molar-refractivity contribution >= 4 is 5.91 Å². The van der Waals surface area contributed by atoms with Crippen LogP contribution in [0.5, 0.6) is 0 Å². The van der Waals surface area contributed by atoms with Gasteiger partial charge in [-0.3, -0.25) is 4.79 Å². The maximum atomic E-state index is 12.1. The van der Waals surface area contributed by atoms with Gasteiger partial charge in [0.15, 0.2) is 0 Å². The molecule has 1 aliphatic heterocycles. The summed E-state index contributed by atoms with van der Waals surface area (Å²) in [6.07, 6.45) is 0. The molecule has 1 N–H and O–H groups in total. The van der Waals surface area contributed by atoms with E-state index in [-0.39, 0.29) is 5.91 Å². The first-order valence-corrected chi connectivity index (χ1v) is 5.92. The van der Waals surface area contributed by atoms with Crippen LogP contribution in [0, 0.1) is 0 Å². The van der Waals surface area contributed by atoms with E-state index in [0.717, 1.165) is 12.1 Å². The molecule has 0 bridgehead atoms. The second-order valence-electron chi connectivity index (χ2n) is 4.13. The first-order chi connectivity index (χ1) is 8.31. The topological polar surface area (TPSA) is 41.6 Å². The second kappa shape index (κ2) is 5.80. The Morgan fingerprint density at radius 1 is 1.29 bits per heavy atom. The van der Waals surface area contributed by atoms with Crippen LogP contribution in [0.3, 0.4) is 0 Å². The minimum atomic E-state index is 0.101. The number of nitrogens with one attached hydrogen (secondary N) is 1. The van der Waals surface area contributed by atoms with E-state index in [0.29, 0.717) is 26.3 Å². The van der Waals surface area contributed by atoms with Crippen LogP contribution in [0.4, 0.5) is 0 Å². The number of carbonyl (C=O) groups excluding carboxylic acids is 1. The minimum absolute atomic E-state index is 0.101. The highest BCUT2D eigenvalue weighted by Gasteiger charge is 2.17. The van der Waals surface area contributed by atoms with Gasteiger partial charge in [0.25, 0.3) is 5.91 Å². The summed E-state index contributed by atoms with van der Waals surface area (Å²) >= 11 is 0. The van der Waals surface area contributed by atoms with Gasteiger partial charge in [-0.25, -0.2) is 0 Å². The van der Waals surface area contributed by atoms with Crippen LogP contribution in [0.2, 0.25) is 0 Å². The Balaban J connectivity index is 2.03. The van der Waals surface area contributed by atoms with E-state index in [4.69, 9.17) is 4.74 Å². The van der Waals surface area contributed by atoms with E-state index in [1.807, 2.05) is 36.2 Å². The van der Waals surface area contributed by atoms with Crippen molar-refractivity contribution in [1.82, 2.24) is 10.2 Å². The summed E-state index contributed by atoms with van der Waals surface area (Å²) in [7, 11) is 1.91. The fraction of sp³-hybridized carbons (Fsp3) is 0.462. The summed E-state index contributed by atoms with van der Waals surface area (Å²) in [4.78, 5) is 14.0. The van der Waals surface area contributed by atoms with Crippen LogP contribution in [0.25, 0.3) is 0 Å². The van der Waals surface area contributed by atoms with Crippen molar-refractivity contribution in [1.29, 1.82) is 0 Å². The summed E-state index contributed by atoms with van der Waals surface area (Å²) in [6, 6.07) is 7.77. The molecule has 0 radical (unpaired) electrons. The SMILES string of the molecule is CNCc1ccc(C(=O)N2CCOCC2)cc1. The molecule has 1 fully saturated rings. The molecule has 1 aromatic carbocycles. The van der Waals surface area contributed by atoms with Gasteiger partial charge >= 0.3 is 0 Å². The van der Waals surface area contributed by atoms with Crippen LogP contribution in [0.1, 0.15) is 15.9 Å². The minimum Gasteiger partial charge on any atom is -0.378 e. The third-order valence-electron chi connectivity index (χ3n) is 2.88. The highest BCUT2D eigenvalue weighted by atomic mass is 16.5. The zero-order valence-corrected chi connectivity index (χ0v) is 10.1. The highest BCUT2D eigenvalue weighted by Crippen LogP contribution is 2.09. The lowest BCUT2D eigenvalue weighted by Gasteiger charge is -2.26. The van der Waals surface area contributed by atoms with E-state index in [9.17, 15) is 4.79 Å². The standard InChI is InChI=1S/C13H18N2O2/c1-14-10-11-2-4-12(5-3-11)13(16)15-6-8-17-9-7-15/h2-5,14H,6-10H2,1H3. The molecule has 0 aromatic heterocycles. The molecule has 0 atom stereocenters. The fourth-order valence-corrected chi connectivity index (χ4v) is 1.92. The molecule has 1 saturated heterocycles. The molecule has 4 heteroatoms. The third-order valence-corrected chi connectivity index (χ3v) is 2.88. The fourth-order valence-electron chi connectivity index (χ4n) is 1.92. The molecular formula is C13H18N2O2. The Kier molecular flexibility index (Phi) is 4.12. The number of benzene rings is 1. The molecule has 0 aliphatic carbocycles. The van der Waals surface area contributed by atoms with Crippen molar-refractivity contribution in [2.45, 2.75) is 6.54 Å². The van der Waals surface area contributed by atoms with Gasteiger partial charge in [0, 0.05) is 25.2 Å². The first-order valence-electron chi connectivity index (χ1n) is 5.92. The normalized spacial score (nSPS) is 15.9. The van der Waals surface area contributed by atoms with E-state index >= 15 is 0 Å². The van der Waals surface area contributed by atoms with Crippen LogP contribution in [-0.4, -0.2) is 44.2 Å². The van der Waals surface area contributed by atoms with Crippen LogP contribution in [0.15, 0.2) is 24.3 Å². The lowest BCUT2D eigenvalue weighted by molar-refractivity contribution is 0.0303. The zero-order valence-electron chi connectivity index (χ0n) is 10.1. The summed E-state index contributed by atoms with van der Waals surface area (Å²) in [5, 5.41) is 3.08. The van der Waals surface area contributed by atoms with Gasteiger partial charge in [0.1, 0.15) is 0 Å². The number of amides is 1. The van der Waals surface area contributed by atoms with E-state index in [1.54, 1.807) is 0 Å². The van der Waals surface area contributed by atoms with Crippen LogP contribution < -0.4 is 5.32 Å². The Labute approximate surface area is 102 Å². The summed E-state index contributed by atoms with van der Waals surface area (Å²) < 4.78 is 5.23. The van der Waals surface area contributed by atoms with Crippen molar-refractivity contribution in [3.63, 3.8) is 0 Å². The van der Waals surface area contributed by atoms with Gasteiger partial charge in [-0.05, 0) is 24.7 Å². The number of morpholine rings is 1. The van der Waals surface area contributed by atoms with Gasteiger partial charge in [-0.15, -0.1) is 0 Å². The maximum absolute atomic E-state index is 12.1. The monoisotopic (exact) mass is 234 g/mol. The summed E-state index contributed by atoms with van der Waals surface area (Å²) in [6.45, 7) is 3.49. The molecule has 1 heterocycles. The molecule has 0 spiro atoms. The average molecular weight is 234 g/mol. The van der Waals surface area contributed by atoms with E-state index in [2.05, 4.69) is 5.32 Å². The van der Waals surface area contributed by atoms with Crippen molar-refractivity contribution < 1.29 is 9.53 Å². The Bertz CT molecular complexity index is 370. The molecular weight excluding hydrogens is 216 g/mol. The number of hydrogen-bond donors (Lipinski definition) is 1. The maximum Gasteiger partial charge on any atom is 0.254 e. The molecule has 1 aliphatic rings. The van der Waals surface area contributed by atoms with Crippen molar-refractivity contribution in [3.05, 3.63) is 35.4 Å². The molecule has 1 aromatic rings. The van der Waals surface area contributed by atoms with Crippen molar-refractivity contribution in [2.75, 3.05) is 33.4 Å². The van der Waals surface area contributed by atoms with Gasteiger partial charge in [-0.1, -0.05) is 12.1 Å². The van der Waals surface area contributed by atoms with Gasteiger partial charge in [0.05, 0.1) is 13.2 Å². The third kappa shape index (κ3) is 3.05. The Morgan fingerprint density at radius 2 is 1.94 bits per heavy atom. The quantitative estimate of drug-likeness (QED) is 0.844. The molecule has 92 valence electrons. The summed E-state index contributed by atoms with van der Waals surface area (Å²) in [5.41, 5.74) is 1.94. The largest absolute Gasteiger partial charge is 0.378 e. The van der Waals surface area contributed by atoms with Gasteiger partial charge < -0.3 is 15.0 Å². The Morgan fingerprint density at radius 3 is 2.53 bits per heavy atom. The van der Waals surface area contributed by atoms with Gasteiger partial charge in [-0.2, -0.15) is 0 Å². The summed E-state index contributed by atoms with van der Waals surface area (Å²) in [5.74, 6) is 0.101. The van der Waals surface area contributed by atoms with Crippen LogP contribution in [-0.2, 0) is 11.3 Å². The first kappa shape index (κ1) is 12.1. The number of hydrogen-bond acceptors (Lipinski definition) is 3. The van der Waals surface area contributed by atoms with E-state index in [1.165, 1.54) is 5.56 Å². The average Bonchev–Trinajstić information content (AvgIpc) is 2.40.